The predicted molar refractivity (Wildman–Crippen MR) is 47.0 cm³/mol. The third-order valence-corrected chi connectivity index (χ3v) is 1.22. The maximum Gasteiger partial charge on any atom is 0.157 e. The van der Waals surface area contributed by atoms with Gasteiger partial charge in [-0.15, -0.1) is 0 Å². The first-order valence-corrected chi connectivity index (χ1v) is 3.86. The van der Waals surface area contributed by atoms with Gasteiger partial charge in [0.25, 0.3) is 0 Å². The molecule has 1 aromatic carbocycles. The zero-order valence-electron chi connectivity index (χ0n) is 7.28. The summed E-state index contributed by atoms with van der Waals surface area (Å²) in [5, 5.41) is 26.2. The second-order valence-corrected chi connectivity index (χ2v) is 1.98. The molecule has 0 aliphatic heterocycles. The number of aromatic hydroxyl groups is 2. The van der Waals surface area contributed by atoms with E-state index >= 15 is 0 Å². The van der Waals surface area contributed by atoms with Gasteiger partial charge in [0.15, 0.2) is 11.5 Å². The second kappa shape index (κ2) is 5.43. The fourth-order valence-corrected chi connectivity index (χ4v) is 0.667. The van der Waals surface area contributed by atoms with Crippen LogP contribution in [0.5, 0.6) is 11.5 Å². The molecule has 3 heteroatoms. The van der Waals surface area contributed by atoms with Crippen LogP contribution < -0.4 is 0 Å². The molecule has 0 atom stereocenters. The van der Waals surface area contributed by atoms with E-state index in [9.17, 15) is 0 Å². The van der Waals surface area contributed by atoms with Gasteiger partial charge < -0.3 is 15.3 Å². The number of benzene rings is 1. The summed E-state index contributed by atoms with van der Waals surface area (Å²) in [6.45, 7) is 3.87. The summed E-state index contributed by atoms with van der Waals surface area (Å²) < 4.78 is 0. The molecule has 68 valence electrons. The highest BCUT2D eigenvalue weighted by Crippen LogP contribution is 2.24. The van der Waals surface area contributed by atoms with E-state index in [0.29, 0.717) is 5.56 Å². The van der Waals surface area contributed by atoms with E-state index in [4.69, 9.17) is 15.3 Å². The fourth-order valence-electron chi connectivity index (χ4n) is 0.667. The molecule has 1 aromatic rings. The number of hydrogen-bond donors (Lipinski definition) is 3. The second-order valence-electron chi connectivity index (χ2n) is 1.98. The molecule has 1 rings (SSSR count). The summed E-state index contributed by atoms with van der Waals surface area (Å²) in [5.74, 6) is -0.372. The summed E-state index contributed by atoms with van der Waals surface area (Å²) in [6.07, 6.45) is 0. The highest BCUT2D eigenvalue weighted by molar-refractivity contribution is 5.40. The van der Waals surface area contributed by atoms with Crippen LogP contribution >= 0.6 is 0 Å². The Hall–Kier alpha value is -1.22. The van der Waals surface area contributed by atoms with E-state index < -0.39 is 0 Å². The Balaban J connectivity index is 0.000000561. The van der Waals surface area contributed by atoms with Crippen molar-refractivity contribution in [2.24, 2.45) is 0 Å². The Morgan fingerprint density at radius 3 is 2.08 bits per heavy atom. The average Bonchev–Trinajstić information content (AvgIpc) is 2.13. The smallest absolute Gasteiger partial charge is 0.157 e. The highest BCUT2D eigenvalue weighted by Gasteiger charge is 1.97. The van der Waals surface area contributed by atoms with Crippen molar-refractivity contribution >= 4 is 0 Å². The monoisotopic (exact) mass is 170 g/mol. The van der Waals surface area contributed by atoms with Gasteiger partial charge in [-0.25, -0.2) is 0 Å². The lowest BCUT2D eigenvalue weighted by atomic mass is 10.2. The van der Waals surface area contributed by atoms with Gasteiger partial charge in [0.05, 0.1) is 6.61 Å². The SMILES string of the molecule is CC.OCc1ccc(O)c(O)c1. The minimum absolute atomic E-state index is 0.131. The minimum Gasteiger partial charge on any atom is -0.504 e. The van der Waals surface area contributed by atoms with E-state index in [-0.39, 0.29) is 18.1 Å². The third-order valence-electron chi connectivity index (χ3n) is 1.22. The molecule has 0 saturated carbocycles. The van der Waals surface area contributed by atoms with Gasteiger partial charge in [-0.3, -0.25) is 0 Å². The molecule has 0 unspecified atom stereocenters. The first kappa shape index (κ1) is 10.8. The van der Waals surface area contributed by atoms with Crippen LogP contribution in [0.4, 0.5) is 0 Å². The Kier molecular flexibility index (Phi) is 4.88. The van der Waals surface area contributed by atoms with Crippen LogP contribution in [0.15, 0.2) is 18.2 Å². The zero-order valence-corrected chi connectivity index (χ0v) is 7.28. The van der Waals surface area contributed by atoms with E-state index in [0.717, 1.165) is 0 Å². The number of hydrogen-bond acceptors (Lipinski definition) is 3. The number of phenols is 2. The molecule has 0 aromatic heterocycles. The minimum atomic E-state index is -0.202. The summed E-state index contributed by atoms with van der Waals surface area (Å²) in [7, 11) is 0. The Morgan fingerprint density at radius 1 is 1.08 bits per heavy atom. The van der Waals surface area contributed by atoms with Crippen LogP contribution in [-0.4, -0.2) is 15.3 Å². The van der Waals surface area contributed by atoms with Crippen molar-refractivity contribution in [3.05, 3.63) is 23.8 Å². The third kappa shape index (κ3) is 2.80. The number of aliphatic hydroxyl groups excluding tert-OH is 1. The maximum atomic E-state index is 8.87. The number of aliphatic hydroxyl groups is 1. The van der Waals surface area contributed by atoms with Gasteiger partial charge in [-0.1, -0.05) is 19.9 Å². The topological polar surface area (TPSA) is 60.7 Å². The predicted octanol–water partition coefficient (Wildman–Crippen LogP) is 1.62. The van der Waals surface area contributed by atoms with Gasteiger partial charge in [0.2, 0.25) is 0 Å². The average molecular weight is 170 g/mol. The Morgan fingerprint density at radius 2 is 1.67 bits per heavy atom. The van der Waals surface area contributed by atoms with E-state index in [1.165, 1.54) is 18.2 Å². The number of phenolic OH excluding ortho intramolecular Hbond substituents is 2. The molecule has 0 heterocycles. The molecule has 0 bridgehead atoms. The molecule has 3 N–H and O–H groups in total. The fraction of sp³-hybridized carbons (Fsp3) is 0.333. The van der Waals surface area contributed by atoms with Crippen molar-refractivity contribution in [1.82, 2.24) is 0 Å². The van der Waals surface area contributed by atoms with Gasteiger partial charge in [-0.2, -0.15) is 0 Å². The van der Waals surface area contributed by atoms with Crippen molar-refractivity contribution in [3.8, 4) is 11.5 Å². The molecular weight excluding hydrogens is 156 g/mol. The Labute approximate surface area is 71.9 Å². The zero-order chi connectivity index (χ0) is 9.56. The van der Waals surface area contributed by atoms with Crippen molar-refractivity contribution in [2.75, 3.05) is 0 Å². The van der Waals surface area contributed by atoms with Gasteiger partial charge in [-0.05, 0) is 17.7 Å². The largest absolute Gasteiger partial charge is 0.504 e. The number of rotatable bonds is 1. The first-order valence-electron chi connectivity index (χ1n) is 3.86. The van der Waals surface area contributed by atoms with Crippen LogP contribution in [0.2, 0.25) is 0 Å². The summed E-state index contributed by atoms with van der Waals surface area (Å²) >= 11 is 0. The molecular formula is C9H14O3. The van der Waals surface area contributed by atoms with Crippen molar-refractivity contribution in [2.45, 2.75) is 20.5 Å². The van der Waals surface area contributed by atoms with Crippen LogP contribution in [0.3, 0.4) is 0 Å². The Bertz CT molecular complexity index is 233. The summed E-state index contributed by atoms with van der Waals surface area (Å²) in [4.78, 5) is 0. The first-order chi connectivity index (χ1) is 5.74. The lowest BCUT2D eigenvalue weighted by molar-refractivity contribution is 0.280. The van der Waals surface area contributed by atoms with Crippen LogP contribution in [0.25, 0.3) is 0 Å². The molecule has 0 saturated heterocycles. The van der Waals surface area contributed by atoms with E-state index in [2.05, 4.69) is 0 Å². The van der Waals surface area contributed by atoms with Gasteiger partial charge in [0, 0.05) is 0 Å². The summed E-state index contributed by atoms with van der Waals surface area (Å²) in [6, 6.07) is 4.19. The lowest BCUT2D eigenvalue weighted by Gasteiger charge is -1.98. The lowest BCUT2D eigenvalue weighted by Crippen LogP contribution is -1.80. The van der Waals surface area contributed by atoms with Gasteiger partial charge >= 0.3 is 0 Å². The molecule has 0 spiro atoms. The molecule has 0 aliphatic rings. The molecule has 0 amide bonds. The quantitative estimate of drug-likeness (QED) is 0.561. The molecule has 0 aliphatic carbocycles. The van der Waals surface area contributed by atoms with Crippen molar-refractivity contribution in [3.63, 3.8) is 0 Å². The van der Waals surface area contributed by atoms with Crippen molar-refractivity contribution < 1.29 is 15.3 Å². The van der Waals surface area contributed by atoms with Crippen LogP contribution in [0.1, 0.15) is 19.4 Å². The highest BCUT2D eigenvalue weighted by atomic mass is 16.3. The van der Waals surface area contributed by atoms with E-state index in [1.54, 1.807) is 0 Å². The van der Waals surface area contributed by atoms with Crippen molar-refractivity contribution in [1.29, 1.82) is 0 Å². The molecule has 0 radical (unpaired) electrons. The standard InChI is InChI=1S/C7H8O3.C2H6/c8-4-5-1-2-6(9)7(10)3-5;1-2/h1-3,8-10H,4H2;1-2H3. The van der Waals surface area contributed by atoms with Crippen LogP contribution in [0, 0.1) is 0 Å². The normalized spacial score (nSPS) is 8.58. The summed E-state index contributed by atoms with van der Waals surface area (Å²) in [5.41, 5.74) is 0.579. The molecule has 12 heavy (non-hydrogen) atoms. The van der Waals surface area contributed by atoms with Gasteiger partial charge in [0.1, 0.15) is 0 Å². The molecule has 0 fully saturated rings. The van der Waals surface area contributed by atoms with Crippen LogP contribution in [-0.2, 0) is 6.61 Å². The molecule has 3 nitrogen and oxygen atoms in total. The van der Waals surface area contributed by atoms with E-state index in [1.807, 2.05) is 13.8 Å². The maximum absolute atomic E-state index is 8.87.